The second-order valence-corrected chi connectivity index (χ2v) is 7.98. The van der Waals surface area contributed by atoms with Crippen LogP contribution in [0.1, 0.15) is 19.3 Å². The molecule has 7 nitrogen and oxygen atoms in total. The van der Waals surface area contributed by atoms with Crippen LogP contribution in [-0.2, 0) is 11.8 Å². The van der Waals surface area contributed by atoms with Gasteiger partial charge in [-0.05, 0) is 31.4 Å². The highest BCUT2D eigenvalue weighted by Crippen LogP contribution is 2.33. The fraction of sp³-hybridized carbons (Fsp3) is 0.368. The molecule has 3 aromatic heterocycles. The van der Waals surface area contributed by atoms with Crippen molar-refractivity contribution in [3.63, 3.8) is 0 Å². The first-order valence-electron chi connectivity index (χ1n) is 9.05. The van der Waals surface area contributed by atoms with E-state index in [0.717, 1.165) is 54.2 Å². The Morgan fingerprint density at radius 1 is 1.30 bits per heavy atom. The van der Waals surface area contributed by atoms with Crippen molar-refractivity contribution < 1.29 is 4.79 Å². The Labute approximate surface area is 162 Å². The van der Waals surface area contributed by atoms with E-state index in [9.17, 15) is 4.79 Å². The normalized spacial score (nSPS) is 17.8. The van der Waals surface area contributed by atoms with Gasteiger partial charge in [0.2, 0.25) is 5.91 Å². The molecule has 1 fully saturated rings. The number of likely N-dealkylation sites (tertiary alicyclic amines) is 1. The van der Waals surface area contributed by atoms with E-state index in [1.54, 1.807) is 22.6 Å². The average molecular weight is 382 g/mol. The Kier molecular flexibility index (Phi) is 4.98. The molecule has 0 spiro atoms. The molecule has 0 unspecified atom stereocenters. The third-order valence-corrected chi connectivity index (χ3v) is 6.12. The summed E-state index contributed by atoms with van der Waals surface area (Å²) in [4.78, 5) is 18.7. The molecule has 4 rings (SSSR count). The number of fused-ring (bicyclic) bond motifs is 1. The van der Waals surface area contributed by atoms with Crippen LogP contribution >= 0.6 is 11.8 Å². The molecule has 0 aromatic carbocycles. The minimum Gasteiger partial charge on any atom is -0.339 e. The number of thioether (sulfide) groups is 1. The van der Waals surface area contributed by atoms with Crippen LogP contribution in [0.25, 0.3) is 16.8 Å². The van der Waals surface area contributed by atoms with Crippen molar-refractivity contribution in [2.45, 2.75) is 29.5 Å². The summed E-state index contributed by atoms with van der Waals surface area (Å²) in [6, 6.07) is 1.99. The number of hydrogen-bond acceptors (Lipinski definition) is 5. The van der Waals surface area contributed by atoms with Gasteiger partial charge in [0.05, 0.1) is 29.8 Å². The second-order valence-electron chi connectivity index (χ2n) is 6.70. The summed E-state index contributed by atoms with van der Waals surface area (Å²) in [7, 11) is 1.90. The highest BCUT2D eigenvalue weighted by Gasteiger charge is 2.22. The fourth-order valence-electron chi connectivity index (χ4n) is 3.37. The van der Waals surface area contributed by atoms with E-state index in [1.807, 2.05) is 41.1 Å². The molecule has 27 heavy (non-hydrogen) atoms. The van der Waals surface area contributed by atoms with E-state index in [4.69, 9.17) is 4.98 Å². The van der Waals surface area contributed by atoms with Crippen molar-refractivity contribution in [3.8, 4) is 11.3 Å². The molecule has 1 amide bonds. The standard InChI is InChI=1S/C19H22N6OS/c1-3-18(26)24-9-4-5-15(7-10-24)27-19-17-6-8-20-25(17)13-16(22-19)14-11-21-23(2)12-14/h3,6,8,11-13,15H,1,4-5,7,9-10H2,2H3/t15-/m1/s1. The van der Waals surface area contributed by atoms with E-state index in [-0.39, 0.29) is 5.91 Å². The molecule has 8 heteroatoms. The third-order valence-electron chi connectivity index (χ3n) is 4.80. The lowest BCUT2D eigenvalue weighted by atomic mass is 10.2. The molecule has 0 saturated carbocycles. The summed E-state index contributed by atoms with van der Waals surface area (Å²) in [6.07, 6.45) is 11.9. The lowest BCUT2D eigenvalue weighted by Crippen LogP contribution is -2.30. The molecule has 4 heterocycles. The summed E-state index contributed by atoms with van der Waals surface area (Å²) in [5.74, 6) is 0.0236. The minimum atomic E-state index is 0.0236. The Bertz CT molecular complexity index is 978. The van der Waals surface area contributed by atoms with Gasteiger partial charge in [-0.25, -0.2) is 9.50 Å². The first kappa shape index (κ1) is 17.8. The summed E-state index contributed by atoms with van der Waals surface area (Å²) in [5.41, 5.74) is 2.84. The predicted octanol–water partition coefficient (Wildman–Crippen LogP) is 2.79. The Morgan fingerprint density at radius 3 is 2.96 bits per heavy atom. The fourth-order valence-corrected chi connectivity index (χ4v) is 4.63. The maximum absolute atomic E-state index is 11.9. The van der Waals surface area contributed by atoms with E-state index < -0.39 is 0 Å². The highest BCUT2D eigenvalue weighted by atomic mass is 32.2. The van der Waals surface area contributed by atoms with Gasteiger partial charge in [-0.15, -0.1) is 11.8 Å². The maximum Gasteiger partial charge on any atom is 0.245 e. The maximum atomic E-state index is 11.9. The van der Waals surface area contributed by atoms with Gasteiger partial charge in [-0.3, -0.25) is 9.48 Å². The number of carbonyl (C=O) groups excluding carboxylic acids is 1. The molecule has 1 saturated heterocycles. The molecular weight excluding hydrogens is 360 g/mol. The SMILES string of the molecule is C=CC(=O)N1CCC[C@@H](Sc2nc(-c3cnn(C)c3)cn3nccc23)CC1. The number of hydrogen-bond donors (Lipinski definition) is 0. The van der Waals surface area contributed by atoms with Gasteiger partial charge >= 0.3 is 0 Å². The topological polar surface area (TPSA) is 68.3 Å². The summed E-state index contributed by atoms with van der Waals surface area (Å²) in [6.45, 7) is 5.16. The number of amides is 1. The first-order valence-corrected chi connectivity index (χ1v) is 9.93. The summed E-state index contributed by atoms with van der Waals surface area (Å²) in [5, 5.41) is 10.0. The molecule has 1 aliphatic heterocycles. The summed E-state index contributed by atoms with van der Waals surface area (Å²) < 4.78 is 3.65. The molecule has 0 N–H and O–H groups in total. The smallest absolute Gasteiger partial charge is 0.245 e. The molecule has 0 bridgehead atoms. The van der Waals surface area contributed by atoms with Crippen LogP contribution in [-0.4, -0.2) is 53.5 Å². The molecule has 0 radical (unpaired) electrons. The highest BCUT2D eigenvalue weighted by molar-refractivity contribution is 8.00. The van der Waals surface area contributed by atoms with E-state index in [2.05, 4.69) is 16.8 Å². The molecule has 1 atom stereocenters. The molecule has 140 valence electrons. The average Bonchev–Trinajstić information content (AvgIpc) is 3.26. The first-order chi connectivity index (χ1) is 13.1. The molecule has 0 aliphatic carbocycles. The van der Waals surface area contributed by atoms with Crippen molar-refractivity contribution in [2.24, 2.45) is 7.05 Å². The van der Waals surface area contributed by atoms with Crippen molar-refractivity contribution in [3.05, 3.63) is 43.5 Å². The van der Waals surface area contributed by atoms with Gasteiger partial charge in [-0.1, -0.05) is 6.58 Å². The van der Waals surface area contributed by atoms with Crippen LogP contribution in [0, 0.1) is 0 Å². The summed E-state index contributed by atoms with van der Waals surface area (Å²) >= 11 is 1.79. The number of carbonyl (C=O) groups is 1. The largest absolute Gasteiger partial charge is 0.339 e. The van der Waals surface area contributed by atoms with Crippen LogP contribution in [0.5, 0.6) is 0 Å². The van der Waals surface area contributed by atoms with Crippen molar-refractivity contribution in [1.29, 1.82) is 0 Å². The van der Waals surface area contributed by atoms with E-state index in [0.29, 0.717) is 5.25 Å². The van der Waals surface area contributed by atoms with Crippen LogP contribution in [0.2, 0.25) is 0 Å². The zero-order valence-electron chi connectivity index (χ0n) is 15.3. The van der Waals surface area contributed by atoms with E-state index >= 15 is 0 Å². The van der Waals surface area contributed by atoms with Crippen LogP contribution in [0.3, 0.4) is 0 Å². The lowest BCUT2D eigenvalue weighted by molar-refractivity contribution is -0.125. The van der Waals surface area contributed by atoms with Crippen molar-refractivity contribution in [2.75, 3.05) is 13.1 Å². The van der Waals surface area contributed by atoms with Crippen LogP contribution < -0.4 is 0 Å². The van der Waals surface area contributed by atoms with Gasteiger partial charge in [0.15, 0.2) is 0 Å². The van der Waals surface area contributed by atoms with Gasteiger partial charge in [-0.2, -0.15) is 10.2 Å². The number of aryl methyl sites for hydroxylation is 1. The zero-order chi connectivity index (χ0) is 18.8. The lowest BCUT2D eigenvalue weighted by Gasteiger charge is -2.18. The van der Waals surface area contributed by atoms with Crippen LogP contribution in [0.15, 0.2) is 48.5 Å². The quantitative estimate of drug-likeness (QED) is 0.649. The number of aromatic nitrogens is 5. The van der Waals surface area contributed by atoms with Gasteiger partial charge in [0.25, 0.3) is 0 Å². The van der Waals surface area contributed by atoms with E-state index in [1.165, 1.54) is 6.08 Å². The molecular formula is C19H22N6OS. The monoisotopic (exact) mass is 382 g/mol. The molecule has 1 aliphatic rings. The number of rotatable bonds is 4. The zero-order valence-corrected chi connectivity index (χ0v) is 16.1. The van der Waals surface area contributed by atoms with Crippen molar-refractivity contribution in [1.82, 2.24) is 29.3 Å². The minimum absolute atomic E-state index is 0.0236. The predicted molar refractivity (Wildman–Crippen MR) is 105 cm³/mol. The van der Waals surface area contributed by atoms with Crippen molar-refractivity contribution >= 4 is 23.2 Å². The van der Waals surface area contributed by atoms with Gasteiger partial charge < -0.3 is 4.90 Å². The Morgan fingerprint density at radius 2 is 2.19 bits per heavy atom. The Balaban J connectivity index is 1.59. The van der Waals surface area contributed by atoms with Gasteiger partial charge in [0, 0.05) is 37.1 Å². The number of nitrogens with zero attached hydrogens (tertiary/aromatic N) is 6. The molecule has 3 aromatic rings. The third kappa shape index (κ3) is 3.75. The van der Waals surface area contributed by atoms with Gasteiger partial charge in [0.1, 0.15) is 5.03 Å². The second kappa shape index (κ2) is 7.56. The Hall–Kier alpha value is -2.61. The van der Waals surface area contributed by atoms with Crippen LogP contribution in [0.4, 0.5) is 0 Å².